The molecule has 0 aromatic rings. The van der Waals surface area contributed by atoms with Crippen molar-refractivity contribution in [3.05, 3.63) is 6.42 Å². The van der Waals surface area contributed by atoms with Gasteiger partial charge in [0.25, 0.3) is 0 Å². The van der Waals surface area contributed by atoms with Crippen molar-refractivity contribution in [2.75, 3.05) is 0 Å². The predicted molar refractivity (Wildman–Crippen MR) is 15.6 cm³/mol. The van der Waals surface area contributed by atoms with Crippen LogP contribution < -0.4 is 0 Å². The molecule has 0 heterocycles. The van der Waals surface area contributed by atoms with E-state index in [1.54, 1.807) is 0 Å². The molecule has 0 aromatic heterocycles. The van der Waals surface area contributed by atoms with Crippen molar-refractivity contribution in [2.24, 2.45) is 0 Å². The Morgan fingerprint density at radius 3 is 1.25 bits per heavy atom. The minimum Gasteiger partial charge on any atom is -0.335 e. The van der Waals surface area contributed by atoms with Crippen molar-refractivity contribution in [3.8, 4) is 0 Å². The zero-order valence-electron chi connectivity index (χ0n) is 2.96. The number of hydrogen-bond acceptors (Lipinski definition) is 0. The smallest absolute Gasteiger partial charge is 0 e. The maximum atomic E-state index is 2.00. The molecule has 0 nitrogen and oxygen atoms in total. The molecule has 1 heteroatoms. The molecule has 0 aromatic carbocycles. The maximum absolute atomic E-state index is 2.00. The van der Waals surface area contributed by atoms with Crippen LogP contribution in [-0.2, 0) is 20.4 Å². The fourth-order valence-electron chi connectivity index (χ4n) is 0. The van der Waals surface area contributed by atoms with Gasteiger partial charge in [0.1, 0.15) is 0 Å². The fourth-order valence-corrected chi connectivity index (χ4v) is 0. The average Bonchev–Trinajstić information content (AvgIpc) is 0.918. The summed E-state index contributed by atoms with van der Waals surface area (Å²) in [6.45, 7) is 4.00. The summed E-state index contributed by atoms with van der Waals surface area (Å²) < 4.78 is 0. The largest absolute Gasteiger partial charge is 0.335 e. The molecule has 0 fully saturated rings. The van der Waals surface area contributed by atoms with Crippen LogP contribution in [0.2, 0.25) is 0 Å². The van der Waals surface area contributed by atoms with Crippen LogP contribution in [0.3, 0.4) is 0 Å². The maximum Gasteiger partial charge on any atom is 0 e. The summed E-state index contributed by atoms with van der Waals surface area (Å²) in [5, 5.41) is 0. The molecule has 4 heavy (non-hydrogen) atoms. The van der Waals surface area contributed by atoms with Gasteiger partial charge in [-0.15, -0.1) is 0 Å². The van der Waals surface area contributed by atoms with Crippen molar-refractivity contribution in [1.82, 2.24) is 0 Å². The summed E-state index contributed by atoms with van der Waals surface area (Å²) in [4.78, 5) is 0. The minimum absolute atomic E-state index is 0. The monoisotopic (exact) mass is 230 g/mol. The van der Waals surface area contributed by atoms with Gasteiger partial charge in [0.2, 0.25) is 0 Å². The molecule has 0 saturated heterocycles. The van der Waals surface area contributed by atoms with Crippen molar-refractivity contribution < 1.29 is 20.4 Å². The van der Waals surface area contributed by atoms with Gasteiger partial charge in [-0.25, -0.2) is 0 Å². The second kappa shape index (κ2) is 9.39. The van der Waals surface area contributed by atoms with Crippen LogP contribution in [0.25, 0.3) is 0 Å². The Labute approximate surface area is 41.2 Å². The van der Waals surface area contributed by atoms with E-state index in [1.807, 2.05) is 20.3 Å². The molecular formula is C3H7Re-. The van der Waals surface area contributed by atoms with Gasteiger partial charge in [-0.3, -0.25) is 0 Å². The molecule has 0 aliphatic rings. The topological polar surface area (TPSA) is 0 Å². The Kier molecular flexibility index (Phi) is 20.7. The molecule has 0 saturated carbocycles. The van der Waals surface area contributed by atoms with Gasteiger partial charge >= 0.3 is 0 Å². The Morgan fingerprint density at radius 1 is 1.25 bits per heavy atom. The second-order valence-corrected chi connectivity index (χ2v) is 0.577. The van der Waals surface area contributed by atoms with Crippen LogP contribution in [0.4, 0.5) is 0 Å². The van der Waals surface area contributed by atoms with Gasteiger partial charge in [-0.1, -0.05) is 0 Å². The van der Waals surface area contributed by atoms with E-state index in [0.29, 0.717) is 0 Å². The first kappa shape index (κ1) is 8.82. The third-order valence-electron chi connectivity index (χ3n) is 0. The van der Waals surface area contributed by atoms with Crippen LogP contribution in [0.15, 0.2) is 0 Å². The van der Waals surface area contributed by atoms with E-state index < -0.39 is 0 Å². The third-order valence-corrected chi connectivity index (χ3v) is 0. The van der Waals surface area contributed by atoms with Gasteiger partial charge in [0.15, 0.2) is 0 Å². The van der Waals surface area contributed by atoms with Gasteiger partial charge in [0, 0.05) is 20.4 Å². The van der Waals surface area contributed by atoms with Crippen molar-refractivity contribution >= 4 is 0 Å². The van der Waals surface area contributed by atoms with E-state index in [-0.39, 0.29) is 20.4 Å². The molecule has 0 rings (SSSR count). The Hall–Kier alpha value is 0.662. The van der Waals surface area contributed by atoms with Crippen LogP contribution >= 0.6 is 0 Å². The Bertz CT molecular complexity index is 3.25. The SMILES string of the molecule is C[CH-]C.[Re]. The van der Waals surface area contributed by atoms with Crippen LogP contribution in [0.1, 0.15) is 13.8 Å². The zero-order valence-corrected chi connectivity index (χ0v) is 5.67. The first-order valence-corrected chi connectivity index (χ1v) is 1.15. The molecule has 0 amide bonds. The molecular weight excluding hydrogens is 222 g/mol. The first-order valence-electron chi connectivity index (χ1n) is 1.15. The molecule has 1 radical (unpaired) electrons. The van der Waals surface area contributed by atoms with Gasteiger partial charge in [-0.05, 0) is 0 Å². The molecule has 0 aliphatic heterocycles. The Balaban J connectivity index is 0. The molecule has 0 bridgehead atoms. The van der Waals surface area contributed by atoms with Crippen LogP contribution in [-0.4, -0.2) is 0 Å². The number of rotatable bonds is 0. The van der Waals surface area contributed by atoms with Gasteiger partial charge < -0.3 is 6.42 Å². The van der Waals surface area contributed by atoms with Gasteiger partial charge in [-0.2, -0.15) is 13.8 Å². The first-order chi connectivity index (χ1) is 1.41. The zero-order chi connectivity index (χ0) is 2.71. The second-order valence-electron chi connectivity index (χ2n) is 0.577. The molecule has 0 N–H and O–H groups in total. The molecule has 0 unspecified atom stereocenters. The van der Waals surface area contributed by atoms with Gasteiger partial charge in [0.05, 0.1) is 0 Å². The summed E-state index contributed by atoms with van der Waals surface area (Å²) >= 11 is 0. The van der Waals surface area contributed by atoms with Crippen LogP contribution in [0, 0.1) is 6.42 Å². The molecule has 27 valence electrons. The molecule has 0 spiro atoms. The van der Waals surface area contributed by atoms with E-state index in [4.69, 9.17) is 0 Å². The average molecular weight is 229 g/mol. The summed E-state index contributed by atoms with van der Waals surface area (Å²) in [5.41, 5.74) is 0. The van der Waals surface area contributed by atoms with Crippen LogP contribution in [0.5, 0.6) is 0 Å². The number of hydrogen-bond donors (Lipinski definition) is 0. The minimum atomic E-state index is 0. The van der Waals surface area contributed by atoms with E-state index >= 15 is 0 Å². The summed E-state index contributed by atoms with van der Waals surface area (Å²) in [6.07, 6.45) is 2.00. The Morgan fingerprint density at radius 2 is 1.25 bits per heavy atom. The molecule has 0 atom stereocenters. The fraction of sp³-hybridized carbons (Fsp3) is 0.667. The van der Waals surface area contributed by atoms with E-state index in [9.17, 15) is 0 Å². The summed E-state index contributed by atoms with van der Waals surface area (Å²) in [7, 11) is 0. The molecule has 0 aliphatic carbocycles. The van der Waals surface area contributed by atoms with Crippen molar-refractivity contribution in [3.63, 3.8) is 0 Å². The summed E-state index contributed by atoms with van der Waals surface area (Å²) in [6, 6.07) is 0. The standard InChI is InChI=1S/C3H7.Re/c1-3-2;/h3H,1-2H3;/q-1;. The summed E-state index contributed by atoms with van der Waals surface area (Å²) in [5.74, 6) is 0. The van der Waals surface area contributed by atoms with Crippen molar-refractivity contribution in [2.45, 2.75) is 13.8 Å². The predicted octanol–water partition coefficient (Wildman–Crippen LogP) is 1.23. The quantitative estimate of drug-likeness (QED) is 0.548. The van der Waals surface area contributed by atoms with E-state index in [1.165, 1.54) is 0 Å². The van der Waals surface area contributed by atoms with Crippen molar-refractivity contribution in [1.29, 1.82) is 0 Å². The van der Waals surface area contributed by atoms with E-state index in [0.717, 1.165) is 0 Å². The van der Waals surface area contributed by atoms with E-state index in [2.05, 4.69) is 0 Å². The third kappa shape index (κ3) is 16.8. The normalized spacial score (nSPS) is 4.50.